The average Bonchev–Trinajstić information content (AvgIpc) is 2.40. The van der Waals surface area contributed by atoms with Crippen molar-refractivity contribution >= 4 is 12.0 Å². The molecule has 0 radical (unpaired) electrons. The smallest absolute Gasteiger partial charge is 0.329 e. The highest BCUT2D eigenvalue weighted by Gasteiger charge is 2.32. The molecule has 1 aliphatic carbocycles. The molecule has 0 bridgehead atoms. The summed E-state index contributed by atoms with van der Waals surface area (Å²) >= 11 is 0. The van der Waals surface area contributed by atoms with E-state index in [0.29, 0.717) is 18.9 Å². The molecule has 0 heterocycles. The molecule has 0 aromatic carbocycles. The molecule has 0 spiro atoms. The van der Waals surface area contributed by atoms with Crippen molar-refractivity contribution < 1.29 is 14.7 Å². The molecule has 1 saturated carbocycles. The van der Waals surface area contributed by atoms with Crippen molar-refractivity contribution in [1.82, 2.24) is 10.6 Å². The highest BCUT2D eigenvalue weighted by molar-refractivity contribution is 5.85. The van der Waals surface area contributed by atoms with Gasteiger partial charge in [-0.1, -0.05) is 39.5 Å². The Balaban J connectivity index is 2.25. The van der Waals surface area contributed by atoms with Gasteiger partial charge < -0.3 is 15.7 Å². The van der Waals surface area contributed by atoms with Crippen LogP contribution in [-0.2, 0) is 4.79 Å². The molecule has 1 aliphatic rings. The summed E-state index contributed by atoms with van der Waals surface area (Å²) in [5.41, 5.74) is -1.19. The zero-order valence-corrected chi connectivity index (χ0v) is 12.9. The molecule has 3 N–H and O–H groups in total. The number of nitrogens with one attached hydrogen (secondary N) is 2. The molecule has 20 heavy (non-hydrogen) atoms. The number of carboxylic acid groups (broad SMARTS) is 1. The van der Waals surface area contributed by atoms with E-state index >= 15 is 0 Å². The molecule has 1 unspecified atom stereocenters. The van der Waals surface area contributed by atoms with Crippen LogP contribution >= 0.6 is 0 Å². The van der Waals surface area contributed by atoms with Crippen LogP contribution in [-0.4, -0.2) is 29.2 Å². The number of carbonyl (C=O) groups excluding carboxylic acids is 1. The third-order valence-corrected chi connectivity index (χ3v) is 4.54. The van der Waals surface area contributed by atoms with Gasteiger partial charge in [-0.15, -0.1) is 0 Å². The molecule has 0 aromatic heterocycles. The van der Waals surface area contributed by atoms with Crippen LogP contribution in [0.2, 0.25) is 0 Å². The van der Waals surface area contributed by atoms with E-state index in [0.717, 1.165) is 12.3 Å². The van der Waals surface area contributed by atoms with Gasteiger partial charge in [0.05, 0.1) is 0 Å². The minimum Gasteiger partial charge on any atom is -0.480 e. The average molecular weight is 284 g/mol. The Hall–Kier alpha value is -1.26. The summed E-state index contributed by atoms with van der Waals surface area (Å²) in [4.78, 5) is 22.8. The first-order valence-electron chi connectivity index (χ1n) is 7.66. The van der Waals surface area contributed by atoms with Gasteiger partial charge in [-0.3, -0.25) is 0 Å². The maximum atomic E-state index is 11.7. The molecule has 0 aliphatic heterocycles. The van der Waals surface area contributed by atoms with Crippen LogP contribution in [0, 0.1) is 11.8 Å². The predicted octanol–water partition coefficient (Wildman–Crippen LogP) is 2.76. The van der Waals surface area contributed by atoms with Crippen LogP contribution in [0.4, 0.5) is 4.79 Å². The van der Waals surface area contributed by atoms with Gasteiger partial charge in [0.2, 0.25) is 0 Å². The Morgan fingerprint density at radius 2 is 1.85 bits per heavy atom. The Morgan fingerprint density at radius 1 is 1.25 bits per heavy atom. The van der Waals surface area contributed by atoms with E-state index in [2.05, 4.69) is 17.6 Å². The van der Waals surface area contributed by atoms with Crippen LogP contribution < -0.4 is 10.6 Å². The van der Waals surface area contributed by atoms with Crippen molar-refractivity contribution in [2.24, 2.45) is 11.8 Å². The SMILES string of the molecule is CCC(C)(NC(=O)NCCC1CCC(C)CC1)C(=O)O. The van der Waals surface area contributed by atoms with E-state index in [9.17, 15) is 9.59 Å². The van der Waals surface area contributed by atoms with Crippen molar-refractivity contribution in [3.05, 3.63) is 0 Å². The molecule has 2 amide bonds. The molecule has 116 valence electrons. The first-order valence-corrected chi connectivity index (χ1v) is 7.66. The summed E-state index contributed by atoms with van der Waals surface area (Å²) in [7, 11) is 0. The summed E-state index contributed by atoms with van der Waals surface area (Å²) < 4.78 is 0. The lowest BCUT2D eigenvalue weighted by molar-refractivity contribution is -0.143. The number of carbonyl (C=O) groups is 2. The third kappa shape index (κ3) is 5.02. The molecule has 0 aromatic rings. The third-order valence-electron chi connectivity index (χ3n) is 4.54. The van der Waals surface area contributed by atoms with Crippen molar-refractivity contribution in [2.75, 3.05) is 6.54 Å². The van der Waals surface area contributed by atoms with Gasteiger partial charge in [-0.25, -0.2) is 9.59 Å². The fraction of sp³-hybridized carbons (Fsp3) is 0.867. The highest BCUT2D eigenvalue weighted by Crippen LogP contribution is 2.29. The van der Waals surface area contributed by atoms with Crippen LogP contribution in [0.1, 0.15) is 59.3 Å². The minimum absolute atomic E-state index is 0.357. The van der Waals surface area contributed by atoms with Gasteiger partial charge in [0.25, 0.3) is 0 Å². The lowest BCUT2D eigenvalue weighted by Gasteiger charge is -2.27. The Morgan fingerprint density at radius 3 is 2.35 bits per heavy atom. The summed E-state index contributed by atoms with van der Waals surface area (Å²) in [6, 6.07) is -0.388. The summed E-state index contributed by atoms with van der Waals surface area (Å²) in [6.45, 7) is 6.18. The quantitative estimate of drug-likeness (QED) is 0.701. The topological polar surface area (TPSA) is 78.4 Å². The van der Waals surface area contributed by atoms with Gasteiger partial charge in [-0.05, 0) is 31.6 Å². The fourth-order valence-corrected chi connectivity index (χ4v) is 2.60. The number of carboxylic acids is 1. The molecular formula is C15H28N2O3. The Kier molecular flexibility index (Phi) is 6.30. The summed E-state index contributed by atoms with van der Waals surface area (Å²) in [6.07, 6.45) is 6.39. The van der Waals surface area contributed by atoms with Crippen molar-refractivity contribution in [3.63, 3.8) is 0 Å². The number of hydrogen-bond donors (Lipinski definition) is 3. The van der Waals surface area contributed by atoms with E-state index in [1.54, 1.807) is 6.92 Å². The zero-order chi connectivity index (χ0) is 15.2. The molecule has 1 fully saturated rings. The normalized spacial score (nSPS) is 25.6. The van der Waals surface area contributed by atoms with Crippen molar-refractivity contribution in [2.45, 2.75) is 64.8 Å². The minimum atomic E-state index is -1.19. The number of aliphatic carboxylic acids is 1. The fourth-order valence-electron chi connectivity index (χ4n) is 2.60. The zero-order valence-electron chi connectivity index (χ0n) is 12.9. The van der Waals surface area contributed by atoms with Crippen molar-refractivity contribution in [1.29, 1.82) is 0 Å². The monoisotopic (exact) mass is 284 g/mol. The lowest BCUT2D eigenvalue weighted by Crippen LogP contribution is -2.55. The molecule has 1 atom stereocenters. The first kappa shape index (κ1) is 16.8. The van der Waals surface area contributed by atoms with Gasteiger partial charge >= 0.3 is 12.0 Å². The molecular weight excluding hydrogens is 256 g/mol. The van der Waals surface area contributed by atoms with E-state index in [4.69, 9.17) is 5.11 Å². The van der Waals surface area contributed by atoms with E-state index < -0.39 is 11.5 Å². The number of urea groups is 1. The highest BCUT2D eigenvalue weighted by atomic mass is 16.4. The standard InChI is InChI=1S/C15H28N2O3/c1-4-15(3,13(18)19)17-14(20)16-10-9-12-7-5-11(2)6-8-12/h11-12H,4-10H2,1-3H3,(H,18,19)(H2,16,17,20). The lowest BCUT2D eigenvalue weighted by atomic mass is 9.81. The van der Waals surface area contributed by atoms with Crippen LogP contribution in [0.5, 0.6) is 0 Å². The Labute approximate surface area is 121 Å². The molecule has 0 saturated heterocycles. The van der Waals surface area contributed by atoms with Crippen LogP contribution in [0.15, 0.2) is 0 Å². The number of rotatable bonds is 6. The van der Waals surface area contributed by atoms with Crippen LogP contribution in [0.3, 0.4) is 0 Å². The molecule has 5 nitrogen and oxygen atoms in total. The second-order valence-electron chi connectivity index (χ2n) is 6.29. The second-order valence-corrected chi connectivity index (χ2v) is 6.29. The summed E-state index contributed by atoms with van der Waals surface area (Å²) in [5.74, 6) is 0.531. The van der Waals surface area contributed by atoms with E-state index in [1.165, 1.54) is 32.6 Å². The van der Waals surface area contributed by atoms with Gasteiger partial charge in [-0.2, -0.15) is 0 Å². The van der Waals surface area contributed by atoms with Gasteiger partial charge in [0, 0.05) is 6.54 Å². The van der Waals surface area contributed by atoms with Gasteiger partial charge in [0.1, 0.15) is 5.54 Å². The van der Waals surface area contributed by atoms with E-state index in [1.807, 2.05) is 0 Å². The summed E-state index contributed by atoms with van der Waals surface area (Å²) in [5, 5.41) is 14.4. The van der Waals surface area contributed by atoms with Crippen LogP contribution in [0.25, 0.3) is 0 Å². The number of hydrogen-bond acceptors (Lipinski definition) is 2. The maximum Gasteiger partial charge on any atom is 0.329 e. The number of amides is 2. The largest absolute Gasteiger partial charge is 0.480 e. The van der Waals surface area contributed by atoms with Crippen molar-refractivity contribution in [3.8, 4) is 0 Å². The first-order chi connectivity index (χ1) is 9.37. The van der Waals surface area contributed by atoms with E-state index in [-0.39, 0.29) is 6.03 Å². The maximum absolute atomic E-state index is 11.7. The molecule has 1 rings (SSSR count). The predicted molar refractivity (Wildman–Crippen MR) is 78.6 cm³/mol. The van der Waals surface area contributed by atoms with Gasteiger partial charge in [0.15, 0.2) is 0 Å². The Bertz CT molecular complexity index is 338. The second kappa shape index (κ2) is 7.50. The molecule has 5 heteroatoms.